The summed E-state index contributed by atoms with van der Waals surface area (Å²) in [7, 11) is 0. The van der Waals surface area contributed by atoms with Crippen LogP contribution < -0.4 is 5.32 Å². The van der Waals surface area contributed by atoms with Crippen LogP contribution in [0.3, 0.4) is 0 Å². The molecule has 1 saturated heterocycles. The molecule has 0 saturated carbocycles. The maximum Gasteiger partial charge on any atom is 0.00703 e. The van der Waals surface area contributed by atoms with E-state index in [1.165, 1.54) is 51.4 Å². The predicted octanol–water partition coefficient (Wildman–Crippen LogP) is 3.65. The monoisotopic (exact) mass is 195 g/mol. The minimum Gasteiger partial charge on any atom is -0.311 e. The van der Waals surface area contributed by atoms with Gasteiger partial charge in [-0.15, -0.1) is 6.58 Å². The fourth-order valence-electron chi connectivity index (χ4n) is 2.32. The Morgan fingerprint density at radius 1 is 1.21 bits per heavy atom. The van der Waals surface area contributed by atoms with Crippen molar-refractivity contribution in [3.05, 3.63) is 12.7 Å². The van der Waals surface area contributed by atoms with Crippen molar-refractivity contribution in [1.29, 1.82) is 0 Å². The summed E-state index contributed by atoms with van der Waals surface area (Å²) in [6, 6.07) is 1.63. The van der Waals surface area contributed by atoms with E-state index in [-0.39, 0.29) is 0 Å². The molecule has 0 radical (unpaired) electrons. The normalized spacial score (nSPS) is 26.6. The number of unbranched alkanes of at least 4 members (excludes halogenated alkanes) is 2. The van der Waals surface area contributed by atoms with Gasteiger partial charge in [-0.3, -0.25) is 0 Å². The highest BCUT2D eigenvalue weighted by atomic mass is 15.0. The van der Waals surface area contributed by atoms with Crippen LogP contribution in [0.4, 0.5) is 0 Å². The van der Waals surface area contributed by atoms with Gasteiger partial charge in [0.05, 0.1) is 0 Å². The zero-order valence-corrected chi connectivity index (χ0v) is 9.60. The molecular weight excluding hydrogens is 170 g/mol. The molecule has 0 aromatic heterocycles. The fourth-order valence-corrected chi connectivity index (χ4v) is 2.32. The van der Waals surface area contributed by atoms with Crippen LogP contribution in [0.2, 0.25) is 0 Å². The first-order valence-electron chi connectivity index (χ1n) is 6.23. The van der Waals surface area contributed by atoms with E-state index in [0.29, 0.717) is 0 Å². The molecule has 0 aliphatic carbocycles. The van der Waals surface area contributed by atoms with E-state index in [1.807, 2.05) is 6.08 Å². The minimum absolute atomic E-state index is 0.803. The van der Waals surface area contributed by atoms with Crippen molar-refractivity contribution >= 4 is 0 Å². The first kappa shape index (κ1) is 11.8. The summed E-state index contributed by atoms with van der Waals surface area (Å²) in [5, 5.41) is 3.75. The van der Waals surface area contributed by atoms with Crippen LogP contribution in [0, 0.1) is 0 Å². The van der Waals surface area contributed by atoms with Crippen molar-refractivity contribution in [3.63, 3.8) is 0 Å². The molecule has 14 heavy (non-hydrogen) atoms. The van der Waals surface area contributed by atoms with Crippen molar-refractivity contribution < 1.29 is 0 Å². The van der Waals surface area contributed by atoms with E-state index in [9.17, 15) is 0 Å². The van der Waals surface area contributed by atoms with Gasteiger partial charge in [0.25, 0.3) is 0 Å². The maximum absolute atomic E-state index is 3.76. The van der Waals surface area contributed by atoms with Crippen molar-refractivity contribution in [2.45, 2.75) is 70.4 Å². The lowest BCUT2D eigenvalue weighted by Gasteiger charge is -2.13. The number of allylic oxidation sites excluding steroid dienone is 1. The summed E-state index contributed by atoms with van der Waals surface area (Å²) in [5.41, 5.74) is 0. The molecule has 1 rings (SSSR count). The Morgan fingerprint density at radius 3 is 2.43 bits per heavy atom. The summed E-state index contributed by atoms with van der Waals surface area (Å²) >= 11 is 0. The third-order valence-electron chi connectivity index (χ3n) is 3.20. The Kier molecular flexibility index (Phi) is 5.93. The quantitative estimate of drug-likeness (QED) is 0.483. The Hall–Kier alpha value is -0.300. The molecule has 82 valence electrons. The zero-order valence-electron chi connectivity index (χ0n) is 9.60. The van der Waals surface area contributed by atoms with E-state index < -0.39 is 0 Å². The van der Waals surface area contributed by atoms with Crippen LogP contribution in [0.15, 0.2) is 12.7 Å². The van der Waals surface area contributed by atoms with Crippen LogP contribution in [-0.2, 0) is 0 Å². The molecule has 0 bridgehead atoms. The smallest absolute Gasteiger partial charge is 0.00703 e. The van der Waals surface area contributed by atoms with Crippen molar-refractivity contribution in [2.24, 2.45) is 0 Å². The van der Waals surface area contributed by atoms with E-state index in [2.05, 4.69) is 18.8 Å². The molecule has 0 amide bonds. The van der Waals surface area contributed by atoms with Crippen LogP contribution in [0.25, 0.3) is 0 Å². The van der Waals surface area contributed by atoms with Crippen LogP contribution in [-0.4, -0.2) is 12.1 Å². The summed E-state index contributed by atoms with van der Waals surface area (Å²) < 4.78 is 0. The van der Waals surface area contributed by atoms with Crippen molar-refractivity contribution in [1.82, 2.24) is 5.32 Å². The Morgan fingerprint density at radius 2 is 1.86 bits per heavy atom. The molecule has 1 heteroatoms. The van der Waals surface area contributed by atoms with Gasteiger partial charge in [-0.2, -0.15) is 0 Å². The summed E-state index contributed by atoms with van der Waals surface area (Å²) in [5.74, 6) is 0. The molecule has 0 unspecified atom stereocenters. The lowest BCUT2D eigenvalue weighted by Crippen LogP contribution is -2.29. The molecule has 1 N–H and O–H groups in total. The first-order chi connectivity index (χ1) is 6.86. The van der Waals surface area contributed by atoms with Crippen LogP contribution in [0.5, 0.6) is 0 Å². The summed E-state index contributed by atoms with van der Waals surface area (Å²) in [4.78, 5) is 0. The van der Waals surface area contributed by atoms with E-state index in [0.717, 1.165) is 12.1 Å². The molecule has 1 aliphatic heterocycles. The Labute approximate surface area is 89.0 Å². The SMILES string of the molecule is C=CCCC[C@H]1CC[C@H](CCCC)N1. The largest absolute Gasteiger partial charge is 0.311 e. The van der Waals surface area contributed by atoms with Gasteiger partial charge >= 0.3 is 0 Å². The second-order valence-electron chi connectivity index (χ2n) is 4.50. The topological polar surface area (TPSA) is 12.0 Å². The molecule has 0 spiro atoms. The molecule has 0 aromatic carbocycles. The highest BCUT2D eigenvalue weighted by molar-refractivity contribution is 4.83. The van der Waals surface area contributed by atoms with Gasteiger partial charge < -0.3 is 5.32 Å². The van der Waals surface area contributed by atoms with Gasteiger partial charge in [-0.1, -0.05) is 25.8 Å². The highest BCUT2D eigenvalue weighted by Gasteiger charge is 2.21. The van der Waals surface area contributed by atoms with Crippen molar-refractivity contribution in [2.75, 3.05) is 0 Å². The molecule has 0 aromatic rings. The second kappa shape index (κ2) is 7.05. The molecule has 1 heterocycles. The number of rotatable bonds is 7. The molecule has 1 fully saturated rings. The molecule has 1 aliphatic rings. The standard InChI is InChI=1S/C13H25N/c1-3-5-7-9-13-11-10-12(14-13)8-6-4-2/h3,12-14H,1,4-11H2,2H3/t12-,13-/m0/s1. The lowest BCUT2D eigenvalue weighted by molar-refractivity contribution is 0.472. The van der Waals surface area contributed by atoms with E-state index >= 15 is 0 Å². The minimum atomic E-state index is 0.803. The van der Waals surface area contributed by atoms with Gasteiger partial charge in [0.15, 0.2) is 0 Å². The third kappa shape index (κ3) is 4.28. The maximum atomic E-state index is 3.76. The van der Waals surface area contributed by atoms with Gasteiger partial charge in [-0.25, -0.2) is 0 Å². The molecule has 2 atom stereocenters. The van der Waals surface area contributed by atoms with Gasteiger partial charge in [0.1, 0.15) is 0 Å². The fraction of sp³-hybridized carbons (Fsp3) is 0.846. The number of hydrogen-bond acceptors (Lipinski definition) is 1. The average molecular weight is 195 g/mol. The summed E-state index contributed by atoms with van der Waals surface area (Å²) in [6.07, 6.45) is 12.8. The van der Waals surface area contributed by atoms with Crippen LogP contribution in [0.1, 0.15) is 58.3 Å². The zero-order chi connectivity index (χ0) is 10.2. The third-order valence-corrected chi connectivity index (χ3v) is 3.20. The Bertz CT molecular complexity index is 153. The predicted molar refractivity (Wildman–Crippen MR) is 63.5 cm³/mol. The molecular formula is C13H25N. The summed E-state index contributed by atoms with van der Waals surface area (Å²) in [6.45, 7) is 6.03. The van der Waals surface area contributed by atoms with Crippen LogP contribution >= 0.6 is 0 Å². The van der Waals surface area contributed by atoms with Crippen molar-refractivity contribution in [3.8, 4) is 0 Å². The second-order valence-corrected chi connectivity index (χ2v) is 4.50. The highest BCUT2D eigenvalue weighted by Crippen LogP contribution is 2.20. The van der Waals surface area contributed by atoms with Gasteiger partial charge in [0, 0.05) is 12.1 Å². The Balaban J connectivity index is 2.04. The molecule has 1 nitrogen and oxygen atoms in total. The lowest BCUT2D eigenvalue weighted by atomic mass is 10.1. The average Bonchev–Trinajstić information content (AvgIpc) is 2.63. The van der Waals surface area contributed by atoms with E-state index in [1.54, 1.807) is 0 Å². The van der Waals surface area contributed by atoms with Gasteiger partial charge in [-0.05, 0) is 38.5 Å². The first-order valence-corrected chi connectivity index (χ1v) is 6.23. The number of nitrogens with one attached hydrogen (secondary N) is 1. The van der Waals surface area contributed by atoms with E-state index in [4.69, 9.17) is 0 Å². The number of hydrogen-bond donors (Lipinski definition) is 1. The van der Waals surface area contributed by atoms with Gasteiger partial charge in [0.2, 0.25) is 0 Å².